The van der Waals surface area contributed by atoms with E-state index < -0.39 is 0 Å². The number of benzene rings is 2. The molecule has 0 unspecified atom stereocenters. The molecule has 0 fully saturated rings. The molecule has 0 radical (unpaired) electrons. The van der Waals surface area contributed by atoms with Crippen molar-refractivity contribution in [3.8, 4) is 34.8 Å². The van der Waals surface area contributed by atoms with Gasteiger partial charge in [0.05, 0.1) is 11.6 Å². The molecule has 90 valence electrons. The number of nitriles is 2. The Bertz CT molecular complexity index is 739. The van der Waals surface area contributed by atoms with Gasteiger partial charge in [-0.25, -0.2) is 0 Å². The molecule has 3 rings (SSSR count). The molecular formula is C15H8N2O2. The Kier molecular flexibility index (Phi) is 2.55. The van der Waals surface area contributed by atoms with Crippen LogP contribution in [0.4, 0.5) is 0 Å². The molecule has 2 aromatic rings. The first kappa shape index (κ1) is 11.1. The molecule has 0 saturated carbocycles. The predicted octanol–water partition coefficient (Wildman–Crippen LogP) is 2.83. The van der Waals surface area contributed by atoms with Gasteiger partial charge in [-0.1, -0.05) is 18.2 Å². The second-order valence-corrected chi connectivity index (χ2v) is 3.99. The highest BCUT2D eigenvalue weighted by Gasteiger charge is 2.20. The van der Waals surface area contributed by atoms with Crippen molar-refractivity contribution in [2.45, 2.75) is 0 Å². The lowest BCUT2D eigenvalue weighted by Gasteiger charge is -2.19. The van der Waals surface area contributed by atoms with Gasteiger partial charge < -0.3 is 9.47 Å². The Balaban J connectivity index is 2.41. The summed E-state index contributed by atoms with van der Waals surface area (Å²) < 4.78 is 10.9. The lowest BCUT2D eigenvalue weighted by molar-refractivity contribution is 0.119. The highest BCUT2D eigenvalue weighted by Crippen LogP contribution is 2.39. The summed E-state index contributed by atoms with van der Waals surface area (Å²) >= 11 is 0. The van der Waals surface area contributed by atoms with Crippen molar-refractivity contribution in [1.29, 1.82) is 10.5 Å². The molecule has 2 aromatic carbocycles. The summed E-state index contributed by atoms with van der Waals surface area (Å²) in [6, 6.07) is 14.8. The van der Waals surface area contributed by atoms with Crippen molar-refractivity contribution in [2.24, 2.45) is 0 Å². The normalized spacial score (nSPS) is 11.7. The molecule has 0 aromatic heterocycles. The fourth-order valence-corrected chi connectivity index (χ4v) is 2.15. The Morgan fingerprint density at radius 3 is 2.42 bits per heavy atom. The predicted molar refractivity (Wildman–Crippen MR) is 67.4 cm³/mol. The molecule has 0 aliphatic carbocycles. The minimum absolute atomic E-state index is 0.0139. The summed E-state index contributed by atoms with van der Waals surface area (Å²) in [7, 11) is 0. The van der Waals surface area contributed by atoms with Crippen molar-refractivity contribution >= 4 is 0 Å². The molecular weight excluding hydrogens is 240 g/mol. The number of nitrogens with zero attached hydrogens (tertiary/aromatic N) is 2. The summed E-state index contributed by atoms with van der Waals surface area (Å²) in [4.78, 5) is 0. The molecule has 1 heterocycles. The average Bonchev–Trinajstić information content (AvgIpc) is 2.46. The van der Waals surface area contributed by atoms with Gasteiger partial charge >= 0.3 is 0 Å². The van der Waals surface area contributed by atoms with Crippen LogP contribution in [0.1, 0.15) is 11.1 Å². The van der Waals surface area contributed by atoms with E-state index in [2.05, 4.69) is 12.1 Å². The zero-order valence-electron chi connectivity index (χ0n) is 9.88. The molecule has 19 heavy (non-hydrogen) atoms. The van der Waals surface area contributed by atoms with E-state index in [0.29, 0.717) is 33.8 Å². The van der Waals surface area contributed by atoms with E-state index in [4.69, 9.17) is 9.47 Å². The van der Waals surface area contributed by atoms with Gasteiger partial charge in [0.1, 0.15) is 23.1 Å². The van der Waals surface area contributed by atoms with Crippen LogP contribution in [0.25, 0.3) is 11.1 Å². The summed E-state index contributed by atoms with van der Waals surface area (Å²) in [6.07, 6.45) is 0. The van der Waals surface area contributed by atoms with Crippen LogP contribution in [-0.4, -0.2) is 6.79 Å². The van der Waals surface area contributed by atoms with Crippen LogP contribution < -0.4 is 9.47 Å². The number of hydrogen-bond acceptors (Lipinski definition) is 4. The third kappa shape index (κ3) is 1.67. The number of ether oxygens (including phenoxy) is 2. The first-order chi connectivity index (χ1) is 9.35. The van der Waals surface area contributed by atoms with Crippen molar-refractivity contribution in [1.82, 2.24) is 0 Å². The van der Waals surface area contributed by atoms with Crippen LogP contribution in [0.2, 0.25) is 0 Å². The first-order valence-electron chi connectivity index (χ1n) is 5.67. The highest BCUT2D eigenvalue weighted by atomic mass is 16.7. The maximum absolute atomic E-state index is 9.32. The van der Waals surface area contributed by atoms with Gasteiger partial charge in [-0.05, 0) is 18.2 Å². The maximum Gasteiger partial charge on any atom is 0.230 e. The number of fused-ring (bicyclic) bond motifs is 4. The standard InChI is InChI=1S/C15H8N2O2/c16-7-10-3-1-6-14-15(10)11-4-2-5-13(12(11)8-17)18-9-19-14/h1-6H,9H2. The van der Waals surface area contributed by atoms with E-state index in [1.165, 1.54) is 0 Å². The number of rotatable bonds is 0. The smallest absolute Gasteiger partial charge is 0.230 e. The molecule has 0 saturated heterocycles. The lowest BCUT2D eigenvalue weighted by Crippen LogP contribution is -2.11. The van der Waals surface area contributed by atoms with Crippen LogP contribution in [-0.2, 0) is 0 Å². The Hall–Kier alpha value is -2.98. The minimum atomic E-state index is 0.0139. The van der Waals surface area contributed by atoms with E-state index >= 15 is 0 Å². The maximum atomic E-state index is 9.32. The Morgan fingerprint density at radius 2 is 1.63 bits per heavy atom. The van der Waals surface area contributed by atoms with Crippen LogP contribution in [0, 0.1) is 22.7 Å². The van der Waals surface area contributed by atoms with Crippen LogP contribution >= 0.6 is 0 Å². The van der Waals surface area contributed by atoms with E-state index in [1.54, 1.807) is 36.4 Å². The molecule has 0 amide bonds. The summed E-state index contributed by atoms with van der Waals surface area (Å²) in [5.74, 6) is 1.02. The van der Waals surface area contributed by atoms with Gasteiger partial charge in [-0.15, -0.1) is 0 Å². The van der Waals surface area contributed by atoms with E-state index in [9.17, 15) is 10.5 Å². The fraction of sp³-hybridized carbons (Fsp3) is 0.0667. The quantitative estimate of drug-likeness (QED) is 0.719. The van der Waals surface area contributed by atoms with Gasteiger partial charge in [0.15, 0.2) is 0 Å². The van der Waals surface area contributed by atoms with Crippen molar-refractivity contribution < 1.29 is 9.47 Å². The Morgan fingerprint density at radius 1 is 0.895 bits per heavy atom. The molecule has 4 nitrogen and oxygen atoms in total. The highest BCUT2D eigenvalue weighted by molar-refractivity contribution is 5.82. The zero-order chi connectivity index (χ0) is 13.2. The fourth-order valence-electron chi connectivity index (χ4n) is 2.15. The van der Waals surface area contributed by atoms with Crippen molar-refractivity contribution in [2.75, 3.05) is 6.79 Å². The zero-order valence-corrected chi connectivity index (χ0v) is 9.88. The molecule has 2 bridgehead atoms. The topological polar surface area (TPSA) is 66.0 Å². The minimum Gasteiger partial charge on any atom is -0.457 e. The van der Waals surface area contributed by atoms with Gasteiger partial charge in [0, 0.05) is 11.1 Å². The largest absolute Gasteiger partial charge is 0.457 e. The van der Waals surface area contributed by atoms with Gasteiger partial charge in [-0.2, -0.15) is 10.5 Å². The van der Waals surface area contributed by atoms with Crippen LogP contribution in [0.5, 0.6) is 11.5 Å². The number of hydrogen-bond donors (Lipinski definition) is 0. The summed E-state index contributed by atoms with van der Waals surface area (Å²) in [6.45, 7) is 0.0139. The van der Waals surface area contributed by atoms with Gasteiger partial charge in [0.2, 0.25) is 6.79 Å². The molecule has 1 aliphatic rings. The van der Waals surface area contributed by atoms with Gasteiger partial charge in [-0.3, -0.25) is 0 Å². The SMILES string of the molecule is N#Cc1cccc2c1-c1cccc(c1C#N)OCO2. The molecule has 4 heteroatoms. The third-order valence-corrected chi connectivity index (χ3v) is 2.98. The molecule has 1 aliphatic heterocycles. The second-order valence-electron chi connectivity index (χ2n) is 3.99. The van der Waals surface area contributed by atoms with E-state index in [-0.39, 0.29) is 6.79 Å². The average molecular weight is 248 g/mol. The van der Waals surface area contributed by atoms with Crippen LogP contribution in [0.3, 0.4) is 0 Å². The van der Waals surface area contributed by atoms with Gasteiger partial charge in [0.25, 0.3) is 0 Å². The third-order valence-electron chi connectivity index (χ3n) is 2.98. The molecule has 0 atom stereocenters. The monoisotopic (exact) mass is 248 g/mol. The lowest BCUT2D eigenvalue weighted by atomic mass is 9.94. The second kappa shape index (κ2) is 4.36. The van der Waals surface area contributed by atoms with Crippen molar-refractivity contribution in [3.05, 3.63) is 47.5 Å². The van der Waals surface area contributed by atoms with E-state index in [0.717, 1.165) is 0 Å². The first-order valence-corrected chi connectivity index (χ1v) is 5.67. The molecule has 0 N–H and O–H groups in total. The van der Waals surface area contributed by atoms with Crippen molar-refractivity contribution in [3.63, 3.8) is 0 Å². The van der Waals surface area contributed by atoms with Crippen LogP contribution in [0.15, 0.2) is 36.4 Å². The molecule has 0 spiro atoms. The summed E-state index contributed by atoms with van der Waals surface area (Å²) in [5.41, 5.74) is 2.21. The summed E-state index contributed by atoms with van der Waals surface area (Å²) in [5, 5.41) is 18.5. The Labute approximate surface area is 110 Å². The van der Waals surface area contributed by atoms with E-state index in [1.807, 2.05) is 0 Å².